The van der Waals surface area contributed by atoms with E-state index in [1.54, 1.807) is 0 Å². The van der Waals surface area contributed by atoms with Crippen LogP contribution in [0.1, 0.15) is 38.8 Å². The van der Waals surface area contributed by atoms with Crippen molar-refractivity contribution in [2.24, 2.45) is 11.7 Å². The van der Waals surface area contributed by atoms with E-state index in [0.29, 0.717) is 5.92 Å². The van der Waals surface area contributed by atoms with Crippen molar-refractivity contribution in [3.8, 4) is 0 Å². The van der Waals surface area contributed by atoms with Crippen LogP contribution in [0.2, 0.25) is 0 Å². The summed E-state index contributed by atoms with van der Waals surface area (Å²) >= 11 is 0. The molecular weight excluding hydrogens is 188 g/mol. The van der Waals surface area contributed by atoms with Gasteiger partial charge in [-0.1, -0.05) is 20.8 Å². The molecule has 1 aliphatic heterocycles. The van der Waals surface area contributed by atoms with E-state index in [1.165, 1.54) is 0 Å². The fourth-order valence-corrected chi connectivity index (χ4v) is 2.14. The largest absolute Gasteiger partial charge is 0.330 e. The number of rotatable bonds is 1. The van der Waals surface area contributed by atoms with Gasteiger partial charge in [-0.25, -0.2) is 0 Å². The Morgan fingerprint density at radius 1 is 1.40 bits per heavy atom. The maximum absolute atomic E-state index is 5.73. The molecule has 2 N–H and O–H groups in total. The highest BCUT2D eigenvalue weighted by Crippen LogP contribution is 2.26. The third-order valence-electron chi connectivity index (χ3n) is 3.05. The molecule has 0 aromatic carbocycles. The summed E-state index contributed by atoms with van der Waals surface area (Å²) in [6.45, 7) is 8.29. The van der Waals surface area contributed by atoms with Crippen LogP contribution < -0.4 is 5.73 Å². The lowest BCUT2D eigenvalue weighted by Gasteiger charge is -2.26. The first-order valence-electron chi connectivity index (χ1n) is 5.65. The molecule has 4 heteroatoms. The van der Waals surface area contributed by atoms with E-state index in [0.717, 1.165) is 37.6 Å². The first-order valence-corrected chi connectivity index (χ1v) is 5.65. The molecule has 4 nitrogen and oxygen atoms in total. The van der Waals surface area contributed by atoms with Crippen molar-refractivity contribution >= 4 is 0 Å². The van der Waals surface area contributed by atoms with Crippen LogP contribution in [-0.4, -0.2) is 21.3 Å². The van der Waals surface area contributed by atoms with Crippen LogP contribution in [0.3, 0.4) is 0 Å². The third kappa shape index (κ3) is 1.91. The fourth-order valence-electron chi connectivity index (χ4n) is 2.14. The highest BCUT2D eigenvalue weighted by Gasteiger charge is 2.27. The Balaban J connectivity index is 2.34. The number of hydrogen-bond acceptors (Lipinski definition) is 3. The maximum Gasteiger partial charge on any atom is 0.138 e. The van der Waals surface area contributed by atoms with Gasteiger partial charge in [-0.2, -0.15) is 0 Å². The van der Waals surface area contributed by atoms with Crippen molar-refractivity contribution in [2.75, 3.05) is 6.54 Å². The van der Waals surface area contributed by atoms with E-state index < -0.39 is 0 Å². The monoisotopic (exact) mass is 208 g/mol. The molecule has 1 aromatic rings. The van der Waals surface area contributed by atoms with Gasteiger partial charge in [0.2, 0.25) is 0 Å². The molecule has 1 aliphatic rings. The summed E-state index contributed by atoms with van der Waals surface area (Å²) in [5, 5.41) is 8.57. The first kappa shape index (κ1) is 10.6. The molecule has 15 heavy (non-hydrogen) atoms. The molecule has 1 atom stereocenters. The fraction of sp³-hybridized carbons (Fsp3) is 0.818. The van der Waals surface area contributed by atoms with Crippen molar-refractivity contribution in [1.29, 1.82) is 0 Å². The van der Waals surface area contributed by atoms with Gasteiger partial charge in [-0.05, 0) is 18.9 Å². The predicted molar refractivity (Wildman–Crippen MR) is 59.6 cm³/mol. The number of aromatic nitrogens is 3. The summed E-state index contributed by atoms with van der Waals surface area (Å²) in [5.41, 5.74) is 5.81. The molecule has 0 radical (unpaired) electrons. The minimum Gasteiger partial charge on any atom is -0.330 e. The molecule has 0 fully saturated rings. The Labute approximate surface area is 90.9 Å². The maximum atomic E-state index is 5.73. The zero-order chi connectivity index (χ0) is 11.1. The van der Waals surface area contributed by atoms with E-state index >= 15 is 0 Å². The number of nitrogens with two attached hydrogens (primary N) is 1. The molecule has 1 unspecified atom stereocenters. The van der Waals surface area contributed by atoms with Crippen LogP contribution in [0.4, 0.5) is 0 Å². The summed E-state index contributed by atoms with van der Waals surface area (Å²) in [4.78, 5) is 0. The Morgan fingerprint density at radius 3 is 2.73 bits per heavy atom. The lowest BCUT2D eigenvalue weighted by molar-refractivity contribution is 0.352. The number of aryl methyl sites for hydroxylation is 1. The van der Waals surface area contributed by atoms with E-state index in [-0.39, 0.29) is 5.41 Å². The van der Waals surface area contributed by atoms with E-state index in [4.69, 9.17) is 5.73 Å². The summed E-state index contributed by atoms with van der Waals surface area (Å²) in [7, 11) is 0. The summed E-state index contributed by atoms with van der Waals surface area (Å²) in [6.07, 6.45) is 2.17. The van der Waals surface area contributed by atoms with Gasteiger partial charge in [0.05, 0.1) is 0 Å². The molecule has 0 saturated carbocycles. The Bertz CT molecular complexity index is 348. The molecular formula is C11H20N4. The van der Waals surface area contributed by atoms with Gasteiger partial charge in [-0.3, -0.25) is 0 Å². The lowest BCUT2D eigenvalue weighted by Crippen LogP contribution is -2.30. The molecule has 84 valence electrons. The summed E-state index contributed by atoms with van der Waals surface area (Å²) < 4.78 is 2.26. The van der Waals surface area contributed by atoms with Crippen molar-refractivity contribution in [3.63, 3.8) is 0 Å². The van der Waals surface area contributed by atoms with Gasteiger partial charge in [0.15, 0.2) is 0 Å². The van der Waals surface area contributed by atoms with Gasteiger partial charge in [0.25, 0.3) is 0 Å². The Morgan fingerprint density at radius 2 is 2.13 bits per heavy atom. The number of hydrogen-bond donors (Lipinski definition) is 1. The summed E-state index contributed by atoms with van der Waals surface area (Å²) in [6, 6.07) is 0. The number of fused-ring (bicyclic) bond motifs is 1. The topological polar surface area (TPSA) is 56.7 Å². The van der Waals surface area contributed by atoms with Gasteiger partial charge < -0.3 is 10.3 Å². The molecule has 0 aliphatic carbocycles. The zero-order valence-electron chi connectivity index (χ0n) is 9.82. The van der Waals surface area contributed by atoms with Crippen molar-refractivity contribution in [1.82, 2.24) is 14.8 Å². The van der Waals surface area contributed by atoms with Gasteiger partial charge in [-0.15, -0.1) is 10.2 Å². The van der Waals surface area contributed by atoms with Crippen LogP contribution >= 0.6 is 0 Å². The smallest absolute Gasteiger partial charge is 0.138 e. The molecule has 2 rings (SSSR count). The number of nitrogens with zero attached hydrogens (tertiary/aromatic N) is 3. The van der Waals surface area contributed by atoms with Gasteiger partial charge in [0, 0.05) is 18.4 Å². The summed E-state index contributed by atoms with van der Waals surface area (Å²) in [5.74, 6) is 2.81. The van der Waals surface area contributed by atoms with Crippen LogP contribution in [0, 0.1) is 5.92 Å². The van der Waals surface area contributed by atoms with Crippen molar-refractivity contribution in [2.45, 2.75) is 45.6 Å². The Kier molecular flexibility index (Phi) is 2.54. The second kappa shape index (κ2) is 3.59. The van der Waals surface area contributed by atoms with Crippen LogP contribution in [-0.2, 0) is 18.4 Å². The standard InChI is InChI=1S/C11H20N4/c1-11(2,3)10-14-13-9-5-4-8(6-12)7-15(9)10/h8H,4-7,12H2,1-3H3. The van der Waals surface area contributed by atoms with Crippen molar-refractivity contribution in [3.05, 3.63) is 11.6 Å². The molecule has 2 heterocycles. The van der Waals surface area contributed by atoms with Gasteiger partial charge in [0.1, 0.15) is 11.6 Å². The average Bonchev–Trinajstić information content (AvgIpc) is 2.59. The van der Waals surface area contributed by atoms with Gasteiger partial charge >= 0.3 is 0 Å². The van der Waals surface area contributed by atoms with E-state index in [9.17, 15) is 0 Å². The highest BCUT2D eigenvalue weighted by molar-refractivity contribution is 5.08. The molecule has 0 bridgehead atoms. The molecule has 0 amide bonds. The SMILES string of the molecule is CC(C)(C)c1nnc2n1CC(CN)CC2. The second-order valence-electron chi connectivity index (χ2n) is 5.44. The van der Waals surface area contributed by atoms with Crippen LogP contribution in [0.25, 0.3) is 0 Å². The molecule has 1 aromatic heterocycles. The van der Waals surface area contributed by atoms with Crippen LogP contribution in [0.5, 0.6) is 0 Å². The van der Waals surface area contributed by atoms with E-state index in [1.807, 2.05) is 0 Å². The highest BCUT2D eigenvalue weighted by atomic mass is 15.3. The van der Waals surface area contributed by atoms with Crippen molar-refractivity contribution < 1.29 is 0 Å². The minimum absolute atomic E-state index is 0.0712. The predicted octanol–water partition coefficient (Wildman–Crippen LogP) is 1.10. The second-order valence-corrected chi connectivity index (χ2v) is 5.44. The lowest BCUT2D eigenvalue weighted by atomic mass is 9.93. The Hall–Kier alpha value is -0.900. The molecule has 0 saturated heterocycles. The first-order chi connectivity index (χ1) is 7.02. The zero-order valence-corrected chi connectivity index (χ0v) is 9.82. The third-order valence-corrected chi connectivity index (χ3v) is 3.05. The normalized spacial score (nSPS) is 21.5. The average molecular weight is 208 g/mol. The molecule has 0 spiro atoms. The minimum atomic E-state index is 0.0712. The quantitative estimate of drug-likeness (QED) is 0.751. The van der Waals surface area contributed by atoms with E-state index in [2.05, 4.69) is 35.5 Å². The van der Waals surface area contributed by atoms with Crippen LogP contribution in [0.15, 0.2) is 0 Å².